The summed E-state index contributed by atoms with van der Waals surface area (Å²) in [4.78, 5) is 0. The second-order valence-corrected chi connectivity index (χ2v) is 2.80. The van der Waals surface area contributed by atoms with Crippen LogP contribution in [0.25, 0.3) is 0 Å². The summed E-state index contributed by atoms with van der Waals surface area (Å²) in [6.45, 7) is 0. The molecule has 0 spiro atoms. The fourth-order valence-corrected chi connectivity index (χ4v) is 1.26. The lowest BCUT2D eigenvalue weighted by molar-refractivity contribution is -0.182. The van der Waals surface area contributed by atoms with Crippen molar-refractivity contribution in [3.63, 3.8) is 0 Å². The molecule has 1 rings (SSSR count). The minimum absolute atomic E-state index is 0.194. The molecule has 4 heteroatoms. The molecular formula is C6H11ClO3. The molecule has 0 aromatic rings. The van der Waals surface area contributed by atoms with Gasteiger partial charge in [0.1, 0.15) is 0 Å². The van der Waals surface area contributed by atoms with Crippen LogP contribution in [-0.2, 0) is 4.74 Å². The van der Waals surface area contributed by atoms with Gasteiger partial charge >= 0.3 is 0 Å². The van der Waals surface area contributed by atoms with E-state index >= 15 is 0 Å². The third-order valence-corrected chi connectivity index (χ3v) is 1.87. The molecule has 2 N–H and O–H groups in total. The first-order valence-corrected chi connectivity index (χ1v) is 3.83. The molecule has 1 saturated heterocycles. The molecule has 0 bridgehead atoms. The zero-order valence-electron chi connectivity index (χ0n) is 5.53. The second kappa shape index (κ2) is 3.53. The van der Waals surface area contributed by atoms with Gasteiger partial charge in [-0.3, -0.25) is 0 Å². The summed E-state index contributed by atoms with van der Waals surface area (Å²) in [5, 5.41) is 18.0. The largest absolute Gasteiger partial charge is 0.393 e. The van der Waals surface area contributed by atoms with Crippen LogP contribution in [0.2, 0.25) is 0 Å². The van der Waals surface area contributed by atoms with E-state index in [1.165, 1.54) is 0 Å². The monoisotopic (exact) mass is 166 g/mol. The van der Waals surface area contributed by atoms with Gasteiger partial charge in [0.25, 0.3) is 0 Å². The van der Waals surface area contributed by atoms with Crippen molar-refractivity contribution >= 4 is 11.6 Å². The summed E-state index contributed by atoms with van der Waals surface area (Å²) in [7, 11) is 0. The van der Waals surface area contributed by atoms with Gasteiger partial charge in [0.15, 0.2) is 6.29 Å². The minimum Gasteiger partial charge on any atom is -0.393 e. The Labute approximate surface area is 64.6 Å². The van der Waals surface area contributed by atoms with Gasteiger partial charge < -0.3 is 14.9 Å². The van der Waals surface area contributed by atoms with Crippen LogP contribution in [-0.4, -0.2) is 34.6 Å². The summed E-state index contributed by atoms with van der Waals surface area (Å²) in [6, 6.07) is 0. The van der Waals surface area contributed by atoms with Gasteiger partial charge in [-0.05, 0) is 0 Å². The minimum atomic E-state index is -0.840. The molecule has 10 heavy (non-hydrogen) atoms. The van der Waals surface area contributed by atoms with Crippen LogP contribution < -0.4 is 0 Å². The van der Waals surface area contributed by atoms with Crippen molar-refractivity contribution in [1.29, 1.82) is 0 Å². The summed E-state index contributed by atoms with van der Waals surface area (Å²) in [5.41, 5.74) is 0. The highest BCUT2D eigenvalue weighted by atomic mass is 35.5. The van der Waals surface area contributed by atoms with E-state index in [0.717, 1.165) is 0 Å². The van der Waals surface area contributed by atoms with Crippen molar-refractivity contribution in [2.75, 3.05) is 5.88 Å². The Morgan fingerprint density at radius 3 is 2.60 bits per heavy atom. The second-order valence-electron chi connectivity index (χ2n) is 2.49. The first-order valence-electron chi connectivity index (χ1n) is 3.30. The zero-order valence-corrected chi connectivity index (χ0v) is 6.29. The predicted octanol–water partition coefficient (Wildman–Crippen LogP) is 0.0835. The third-order valence-electron chi connectivity index (χ3n) is 1.53. The van der Waals surface area contributed by atoms with Crippen LogP contribution >= 0.6 is 11.6 Å². The van der Waals surface area contributed by atoms with Gasteiger partial charge in [0, 0.05) is 18.7 Å². The van der Waals surface area contributed by atoms with Crippen LogP contribution in [0, 0.1) is 0 Å². The molecule has 0 saturated carbocycles. The first-order chi connectivity index (χ1) is 4.72. The van der Waals surface area contributed by atoms with E-state index < -0.39 is 12.4 Å². The van der Waals surface area contributed by atoms with Crippen molar-refractivity contribution in [1.82, 2.24) is 0 Å². The molecule has 1 aliphatic heterocycles. The zero-order chi connectivity index (χ0) is 7.56. The molecular weight excluding hydrogens is 156 g/mol. The molecule has 0 radical (unpaired) electrons. The molecule has 1 heterocycles. The van der Waals surface area contributed by atoms with E-state index in [0.29, 0.717) is 18.7 Å². The Balaban J connectivity index is 2.35. The lowest BCUT2D eigenvalue weighted by Crippen LogP contribution is -2.36. The Hall–Kier alpha value is 0.170. The van der Waals surface area contributed by atoms with E-state index in [4.69, 9.17) is 26.6 Å². The third kappa shape index (κ3) is 2.09. The van der Waals surface area contributed by atoms with Crippen LogP contribution in [0.5, 0.6) is 0 Å². The van der Waals surface area contributed by atoms with E-state index in [-0.39, 0.29) is 6.10 Å². The van der Waals surface area contributed by atoms with Gasteiger partial charge in [-0.25, -0.2) is 0 Å². The Morgan fingerprint density at radius 2 is 2.10 bits per heavy atom. The van der Waals surface area contributed by atoms with Gasteiger partial charge in [0.05, 0.1) is 12.2 Å². The van der Waals surface area contributed by atoms with E-state index in [9.17, 15) is 0 Å². The number of aliphatic hydroxyl groups excluding tert-OH is 2. The maximum atomic E-state index is 9.08. The molecule has 0 aromatic carbocycles. The van der Waals surface area contributed by atoms with Crippen LogP contribution in [0.4, 0.5) is 0 Å². The van der Waals surface area contributed by atoms with Gasteiger partial charge in [-0.15, -0.1) is 11.6 Å². The topological polar surface area (TPSA) is 49.7 Å². The maximum Gasteiger partial charge on any atom is 0.157 e. The van der Waals surface area contributed by atoms with Crippen LogP contribution in [0.1, 0.15) is 12.8 Å². The number of rotatable bonds is 1. The van der Waals surface area contributed by atoms with Crippen molar-refractivity contribution in [3.05, 3.63) is 0 Å². The Morgan fingerprint density at radius 1 is 1.40 bits per heavy atom. The van der Waals surface area contributed by atoms with E-state index in [1.54, 1.807) is 0 Å². The molecule has 0 aliphatic carbocycles. The highest BCUT2D eigenvalue weighted by Gasteiger charge is 2.25. The first kappa shape index (κ1) is 8.27. The smallest absolute Gasteiger partial charge is 0.157 e. The molecule has 3 atom stereocenters. The van der Waals surface area contributed by atoms with Crippen LogP contribution in [0.3, 0.4) is 0 Å². The number of hydrogen-bond donors (Lipinski definition) is 2. The van der Waals surface area contributed by atoms with Gasteiger partial charge in [-0.2, -0.15) is 0 Å². The van der Waals surface area contributed by atoms with E-state index in [2.05, 4.69) is 0 Å². The summed E-state index contributed by atoms with van der Waals surface area (Å²) in [5.74, 6) is 0.328. The highest BCUT2D eigenvalue weighted by molar-refractivity contribution is 6.18. The molecule has 1 unspecified atom stereocenters. The van der Waals surface area contributed by atoms with Crippen molar-refractivity contribution in [3.8, 4) is 0 Å². The summed E-state index contributed by atoms with van der Waals surface area (Å²) < 4.78 is 4.97. The number of aliphatic hydroxyl groups is 2. The van der Waals surface area contributed by atoms with Gasteiger partial charge in [0.2, 0.25) is 0 Å². The summed E-state index contributed by atoms with van der Waals surface area (Å²) in [6.07, 6.45) is -0.672. The fourth-order valence-electron chi connectivity index (χ4n) is 1.07. The van der Waals surface area contributed by atoms with Crippen LogP contribution in [0.15, 0.2) is 0 Å². The quantitative estimate of drug-likeness (QED) is 0.543. The molecule has 1 aliphatic rings. The summed E-state index contributed by atoms with van der Waals surface area (Å²) >= 11 is 5.46. The standard InChI is InChI=1S/C6H11ClO3/c7-3-5-1-4(8)2-6(9)10-5/h4-6,8-9H,1-3H2/t4-,5-,6?/m0/s1. The van der Waals surface area contributed by atoms with Crippen molar-refractivity contribution < 1.29 is 14.9 Å². The normalized spacial score (nSPS) is 41.7. The van der Waals surface area contributed by atoms with Gasteiger partial charge in [-0.1, -0.05) is 0 Å². The number of alkyl halides is 1. The fraction of sp³-hybridized carbons (Fsp3) is 1.00. The van der Waals surface area contributed by atoms with E-state index in [1.807, 2.05) is 0 Å². The highest BCUT2D eigenvalue weighted by Crippen LogP contribution is 2.18. The average molecular weight is 167 g/mol. The molecule has 0 amide bonds. The number of ether oxygens (including phenoxy) is 1. The average Bonchev–Trinajstić information content (AvgIpc) is 1.85. The molecule has 3 nitrogen and oxygen atoms in total. The number of halogens is 1. The predicted molar refractivity (Wildman–Crippen MR) is 36.8 cm³/mol. The Bertz CT molecular complexity index is 99.2. The van der Waals surface area contributed by atoms with Crippen molar-refractivity contribution in [2.24, 2.45) is 0 Å². The molecule has 60 valence electrons. The lowest BCUT2D eigenvalue weighted by atomic mass is 10.1. The maximum absolute atomic E-state index is 9.08. The molecule has 1 fully saturated rings. The SMILES string of the molecule is OC1C[C@@H](O)C[C@@H](CCl)O1. The lowest BCUT2D eigenvalue weighted by Gasteiger charge is -2.28. The Kier molecular flexibility index (Phi) is 2.92. The molecule has 0 aromatic heterocycles. The van der Waals surface area contributed by atoms with Crippen molar-refractivity contribution in [2.45, 2.75) is 31.3 Å². The number of hydrogen-bond acceptors (Lipinski definition) is 3.